The smallest absolute Gasteiger partial charge is 0.303 e. The van der Waals surface area contributed by atoms with E-state index in [1.807, 2.05) is 34.6 Å². The molecule has 0 aliphatic carbocycles. The van der Waals surface area contributed by atoms with E-state index in [4.69, 9.17) is 33.9 Å². The molecule has 0 spiro atoms. The predicted octanol–water partition coefficient (Wildman–Crippen LogP) is 7.72. The molecule has 0 saturated carbocycles. The van der Waals surface area contributed by atoms with Gasteiger partial charge in [0.2, 0.25) is 0 Å². The summed E-state index contributed by atoms with van der Waals surface area (Å²) < 4.78 is 27.9. The average molecular weight is 651 g/mol. The van der Waals surface area contributed by atoms with E-state index in [9.17, 15) is 9.90 Å². The first-order valence-corrected chi connectivity index (χ1v) is 18.1. The lowest BCUT2D eigenvalue weighted by Gasteiger charge is -2.22. The molecule has 0 aliphatic heterocycles. The highest BCUT2D eigenvalue weighted by molar-refractivity contribution is 5.66. The third kappa shape index (κ3) is 39.3. The fourth-order valence-corrected chi connectivity index (χ4v) is 4.40. The molecule has 9 heteroatoms. The van der Waals surface area contributed by atoms with Crippen molar-refractivity contribution >= 4 is 5.97 Å². The van der Waals surface area contributed by atoms with E-state index in [1.54, 1.807) is 6.92 Å². The first-order valence-electron chi connectivity index (χ1n) is 18.1. The van der Waals surface area contributed by atoms with Crippen LogP contribution in [0.15, 0.2) is 0 Å². The Morgan fingerprint density at radius 3 is 1.07 bits per heavy atom. The maximum Gasteiger partial charge on any atom is 0.303 e. The second-order valence-electron chi connectivity index (χ2n) is 12.8. The van der Waals surface area contributed by atoms with Crippen LogP contribution in [-0.2, 0) is 28.5 Å². The number of aliphatic carboxylic acids is 1. The molecular weight excluding hydrogens is 576 g/mol. The number of aliphatic hydroxyl groups is 2. The van der Waals surface area contributed by atoms with Gasteiger partial charge in [-0.15, -0.1) is 0 Å². The summed E-state index contributed by atoms with van der Waals surface area (Å²) in [5, 5.41) is 26.6. The molecule has 272 valence electrons. The topological polar surface area (TPSA) is 124 Å². The first kappa shape index (κ1) is 46.3. The Kier molecular flexibility index (Phi) is 35.5. The molecular formula is C36H74O9. The number of rotatable bonds is 32. The predicted molar refractivity (Wildman–Crippen MR) is 183 cm³/mol. The molecule has 0 heterocycles. The van der Waals surface area contributed by atoms with Gasteiger partial charge in [0.05, 0.1) is 76.3 Å². The van der Waals surface area contributed by atoms with Crippen molar-refractivity contribution in [2.45, 2.75) is 188 Å². The maximum absolute atomic E-state index is 10.3. The summed E-state index contributed by atoms with van der Waals surface area (Å²) in [6.07, 6.45) is 19.3. The number of aliphatic hydroxyl groups excluding tert-OH is 2. The lowest BCUT2D eigenvalue weighted by atomic mass is 10.0. The van der Waals surface area contributed by atoms with Gasteiger partial charge in [-0.05, 0) is 48.0 Å². The van der Waals surface area contributed by atoms with Gasteiger partial charge in [-0.2, -0.15) is 0 Å². The molecule has 0 rings (SSSR count). The second kappa shape index (κ2) is 34.5. The highest BCUT2D eigenvalue weighted by Crippen LogP contribution is 2.13. The molecule has 0 aliphatic rings. The molecule has 3 N–H and O–H groups in total. The van der Waals surface area contributed by atoms with Crippen LogP contribution in [0, 0.1) is 0 Å². The van der Waals surface area contributed by atoms with Gasteiger partial charge < -0.3 is 39.0 Å². The summed E-state index contributed by atoms with van der Waals surface area (Å²) in [4.78, 5) is 10.3. The minimum Gasteiger partial charge on any atom is -0.481 e. The molecule has 0 amide bonds. The number of hydrogen-bond donors (Lipinski definition) is 3. The Balaban J connectivity index is 0. The number of hydrogen-bond acceptors (Lipinski definition) is 8. The fraction of sp³-hybridized carbons (Fsp3) is 0.972. The van der Waals surface area contributed by atoms with Crippen molar-refractivity contribution in [3.63, 3.8) is 0 Å². The molecule has 0 aromatic heterocycles. The summed E-state index contributed by atoms with van der Waals surface area (Å²) in [6, 6.07) is 0. The third-order valence-electron chi connectivity index (χ3n) is 7.34. The van der Waals surface area contributed by atoms with Gasteiger partial charge in [0.1, 0.15) is 0 Å². The Morgan fingerprint density at radius 1 is 0.489 bits per heavy atom. The molecule has 0 saturated heterocycles. The van der Waals surface area contributed by atoms with E-state index in [2.05, 4.69) is 6.92 Å². The van der Waals surface area contributed by atoms with E-state index in [0.717, 1.165) is 12.8 Å². The normalized spacial score (nSPS) is 15.5. The van der Waals surface area contributed by atoms with Gasteiger partial charge in [-0.25, -0.2) is 0 Å². The Hall–Kier alpha value is -0.810. The molecule has 0 aromatic carbocycles. The first-order chi connectivity index (χ1) is 21.5. The van der Waals surface area contributed by atoms with Crippen molar-refractivity contribution in [1.82, 2.24) is 0 Å². The fourth-order valence-electron chi connectivity index (χ4n) is 4.40. The van der Waals surface area contributed by atoms with Gasteiger partial charge in [0, 0.05) is 6.42 Å². The molecule has 0 radical (unpaired) electrons. The van der Waals surface area contributed by atoms with Gasteiger partial charge in [0.15, 0.2) is 0 Å². The molecule has 0 bridgehead atoms. The number of carboxylic acid groups (broad SMARTS) is 1. The van der Waals surface area contributed by atoms with Crippen LogP contribution in [0.4, 0.5) is 0 Å². The monoisotopic (exact) mass is 651 g/mol. The SMILES string of the molecule is CC(O)COC(C)COC(C)COC(C)COC(C)COC(C)CO.CCCCCCCCCCCCCCCCCC(=O)O. The van der Waals surface area contributed by atoms with Gasteiger partial charge in [0.25, 0.3) is 0 Å². The summed E-state index contributed by atoms with van der Waals surface area (Å²) in [6.45, 7) is 15.7. The number of ether oxygens (including phenoxy) is 5. The van der Waals surface area contributed by atoms with Crippen LogP contribution in [0.5, 0.6) is 0 Å². The molecule has 0 aromatic rings. The Bertz CT molecular complexity index is 605. The van der Waals surface area contributed by atoms with Crippen molar-refractivity contribution in [2.75, 3.05) is 39.6 Å². The Morgan fingerprint density at radius 2 is 0.778 bits per heavy atom. The number of carbonyl (C=O) groups is 1. The minimum absolute atomic E-state index is 0.00675. The highest BCUT2D eigenvalue weighted by atomic mass is 16.6. The highest BCUT2D eigenvalue weighted by Gasteiger charge is 2.12. The van der Waals surface area contributed by atoms with Gasteiger partial charge in [-0.3, -0.25) is 4.79 Å². The second-order valence-corrected chi connectivity index (χ2v) is 12.8. The lowest BCUT2D eigenvalue weighted by molar-refractivity contribution is -0.137. The molecule has 45 heavy (non-hydrogen) atoms. The van der Waals surface area contributed by atoms with Crippen LogP contribution in [0.1, 0.15) is 151 Å². The van der Waals surface area contributed by atoms with Crippen LogP contribution in [-0.4, -0.2) is 97.6 Å². The lowest BCUT2D eigenvalue weighted by Crippen LogP contribution is -2.29. The van der Waals surface area contributed by atoms with Crippen LogP contribution in [0.2, 0.25) is 0 Å². The summed E-state index contributed by atoms with van der Waals surface area (Å²) in [5.41, 5.74) is 0. The van der Waals surface area contributed by atoms with Crippen LogP contribution in [0.25, 0.3) is 0 Å². The van der Waals surface area contributed by atoms with Crippen molar-refractivity contribution in [3.05, 3.63) is 0 Å². The standard InChI is InChI=1S/C18H38O7.C18H36O2/c1-13(20)8-21-15(3)10-23-17(5)12-25-18(6)11-24-16(4)9-22-14(2)7-19;1-2-3-4-5-6-7-8-9-10-11-12-13-14-15-16-17-18(19)20/h13-20H,7-12H2,1-6H3;2-17H2,1H3,(H,19,20). The summed E-state index contributed by atoms with van der Waals surface area (Å²) in [7, 11) is 0. The van der Waals surface area contributed by atoms with E-state index < -0.39 is 12.1 Å². The molecule has 9 nitrogen and oxygen atoms in total. The van der Waals surface area contributed by atoms with E-state index in [-0.39, 0.29) is 37.1 Å². The summed E-state index contributed by atoms with van der Waals surface area (Å²) >= 11 is 0. The average Bonchev–Trinajstić information content (AvgIpc) is 3.01. The maximum atomic E-state index is 10.3. The largest absolute Gasteiger partial charge is 0.481 e. The van der Waals surface area contributed by atoms with Crippen LogP contribution < -0.4 is 0 Å². The van der Waals surface area contributed by atoms with Crippen molar-refractivity contribution in [3.8, 4) is 0 Å². The zero-order valence-corrected chi connectivity index (χ0v) is 30.3. The summed E-state index contributed by atoms with van der Waals surface area (Å²) in [5.74, 6) is -0.653. The zero-order chi connectivity index (χ0) is 34.1. The van der Waals surface area contributed by atoms with Gasteiger partial charge in [-0.1, -0.05) is 96.8 Å². The number of unbranched alkanes of at least 4 members (excludes halogenated alkanes) is 14. The van der Waals surface area contributed by atoms with Crippen LogP contribution in [0.3, 0.4) is 0 Å². The molecule has 6 unspecified atom stereocenters. The zero-order valence-electron chi connectivity index (χ0n) is 30.3. The molecule has 6 atom stereocenters. The number of carboxylic acids is 1. The van der Waals surface area contributed by atoms with Gasteiger partial charge >= 0.3 is 5.97 Å². The molecule has 0 fully saturated rings. The Labute approximate surface area is 277 Å². The van der Waals surface area contributed by atoms with E-state index in [1.165, 1.54) is 83.5 Å². The minimum atomic E-state index is -0.653. The van der Waals surface area contributed by atoms with E-state index in [0.29, 0.717) is 39.5 Å². The van der Waals surface area contributed by atoms with Crippen molar-refractivity contribution < 1.29 is 43.8 Å². The van der Waals surface area contributed by atoms with Crippen LogP contribution >= 0.6 is 0 Å². The van der Waals surface area contributed by atoms with E-state index >= 15 is 0 Å². The quantitative estimate of drug-likeness (QED) is 0.0628. The van der Waals surface area contributed by atoms with Crippen molar-refractivity contribution in [1.29, 1.82) is 0 Å². The third-order valence-corrected chi connectivity index (χ3v) is 7.34. The van der Waals surface area contributed by atoms with Crippen molar-refractivity contribution in [2.24, 2.45) is 0 Å².